The number of rotatable bonds is 3. The maximum atomic E-state index is 12.4. The monoisotopic (exact) mass is 357 g/mol. The second-order valence-electron chi connectivity index (χ2n) is 7.93. The lowest BCUT2D eigenvalue weighted by molar-refractivity contribution is 0.129. The Labute approximate surface area is 156 Å². The van der Waals surface area contributed by atoms with E-state index in [4.69, 9.17) is 0 Å². The van der Waals surface area contributed by atoms with Crippen LogP contribution in [0.1, 0.15) is 49.8 Å². The Bertz CT molecular complexity index is 621. The summed E-state index contributed by atoms with van der Waals surface area (Å²) in [5.74, 6) is 0. The van der Waals surface area contributed by atoms with Crippen LogP contribution < -0.4 is 16.0 Å². The summed E-state index contributed by atoms with van der Waals surface area (Å²) < 4.78 is 0. The van der Waals surface area contributed by atoms with Crippen molar-refractivity contribution in [2.24, 2.45) is 0 Å². The van der Waals surface area contributed by atoms with Gasteiger partial charge in [-0.3, -0.25) is 9.88 Å². The number of urea groups is 1. The molecular weight excluding hydrogens is 326 g/mol. The van der Waals surface area contributed by atoms with Gasteiger partial charge in [0.1, 0.15) is 0 Å². The van der Waals surface area contributed by atoms with Crippen molar-refractivity contribution < 1.29 is 4.79 Å². The molecule has 0 aromatic carbocycles. The number of aromatic nitrogens is 1. The molecule has 1 aromatic rings. The van der Waals surface area contributed by atoms with E-state index in [-0.39, 0.29) is 6.03 Å². The average molecular weight is 358 g/mol. The Kier molecular flexibility index (Phi) is 5.70. The molecule has 2 amide bonds. The summed E-state index contributed by atoms with van der Waals surface area (Å²) in [6.45, 7) is 4.54. The summed E-state index contributed by atoms with van der Waals surface area (Å²) in [5, 5.41) is 9.56. The second kappa shape index (κ2) is 8.35. The maximum absolute atomic E-state index is 12.4. The van der Waals surface area contributed by atoms with E-state index in [2.05, 4.69) is 31.9 Å². The number of hydrogen-bond donors (Lipinski definition) is 3. The molecule has 0 bridgehead atoms. The fraction of sp³-hybridized carbons (Fsp3) is 0.700. The molecular formula is C20H31N5O. The molecule has 6 heteroatoms. The van der Waals surface area contributed by atoms with Gasteiger partial charge in [-0.2, -0.15) is 0 Å². The van der Waals surface area contributed by atoms with Gasteiger partial charge in [-0.1, -0.05) is 0 Å². The first kappa shape index (κ1) is 17.7. The summed E-state index contributed by atoms with van der Waals surface area (Å²) in [4.78, 5) is 19.5. The molecule has 0 radical (unpaired) electrons. The molecule has 3 aliphatic rings. The van der Waals surface area contributed by atoms with Crippen LogP contribution in [-0.4, -0.2) is 54.2 Å². The predicted molar refractivity (Wildman–Crippen MR) is 104 cm³/mol. The summed E-state index contributed by atoms with van der Waals surface area (Å²) >= 11 is 0. The smallest absolute Gasteiger partial charge is 0.319 e. The van der Waals surface area contributed by atoms with E-state index in [1.54, 1.807) is 6.20 Å². The quantitative estimate of drug-likeness (QED) is 0.776. The van der Waals surface area contributed by atoms with Gasteiger partial charge in [0.2, 0.25) is 0 Å². The van der Waals surface area contributed by atoms with E-state index in [0.717, 1.165) is 57.5 Å². The molecule has 2 heterocycles. The van der Waals surface area contributed by atoms with Crippen LogP contribution in [-0.2, 0) is 12.8 Å². The molecule has 1 aliphatic heterocycles. The van der Waals surface area contributed by atoms with E-state index < -0.39 is 0 Å². The number of anilines is 1. The van der Waals surface area contributed by atoms with Crippen LogP contribution in [0.2, 0.25) is 0 Å². The molecule has 142 valence electrons. The highest BCUT2D eigenvalue weighted by atomic mass is 16.2. The minimum atomic E-state index is -0.0896. The fourth-order valence-electron chi connectivity index (χ4n) is 4.64. The Morgan fingerprint density at radius 1 is 1.12 bits per heavy atom. The number of fused-ring (bicyclic) bond motifs is 1. The molecule has 1 aromatic heterocycles. The van der Waals surface area contributed by atoms with E-state index in [9.17, 15) is 4.79 Å². The van der Waals surface area contributed by atoms with Gasteiger partial charge in [0.25, 0.3) is 0 Å². The minimum absolute atomic E-state index is 0.0896. The Balaban J connectivity index is 1.24. The molecule has 3 N–H and O–H groups in total. The Hall–Kier alpha value is -1.66. The van der Waals surface area contributed by atoms with Crippen LogP contribution in [0, 0.1) is 0 Å². The van der Waals surface area contributed by atoms with Crippen molar-refractivity contribution in [2.75, 3.05) is 31.5 Å². The van der Waals surface area contributed by atoms with Crippen LogP contribution in [0.15, 0.2) is 12.3 Å². The van der Waals surface area contributed by atoms with Gasteiger partial charge >= 0.3 is 6.03 Å². The standard InChI is InChI=1S/C20H31N5O/c26-20(24-17-13-15-3-1-2-4-19(15)22-14-17)23-16-5-7-18(8-6-16)25-11-9-21-10-12-25/h13-14,16,18,21H,1-12H2,(H2,23,24,26). The van der Waals surface area contributed by atoms with Crippen molar-refractivity contribution in [3.63, 3.8) is 0 Å². The summed E-state index contributed by atoms with van der Waals surface area (Å²) in [6, 6.07) is 3.00. The molecule has 26 heavy (non-hydrogen) atoms. The first-order valence-corrected chi connectivity index (χ1v) is 10.3. The molecule has 1 saturated carbocycles. The lowest BCUT2D eigenvalue weighted by atomic mass is 9.90. The predicted octanol–water partition coefficient (Wildman–Crippen LogP) is 2.30. The molecule has 6 nitrogen and oxygen atoms in total. The number of amides is 2. The zero-order chi connectivity index (χ0) is 17.8. The Morgan fingerprint density at radius 2 is 1.88 bits per heavy atom. The van der Waals surface area contributed by atoms with Crippen molar-refractivity contribution in [1.82, 2.24) is 20.5 Å². The van der Waals surface area contributed by atoms with Crippen molar-refractivity contribution in [1.29, 1.82) is 0 Å². The van der Waals surface area contributed by atoms with Crippen molar-refractivity contribution in [3.05, 3.63) is 23.5 Å². The molecule has 2 fully saturated rings. The van der Waals surface area contributed by atoms with E-state index in [0.29, 0.717) is 12.1 Å². The molecule has 2 aliphatic carbocycles. The molecule has 4 rings (SSSR count). The number of carbonyl (C=O) groups is 1. The van der Waals surface area contributed by atoms with Gasteiger partial charge < -0.3 is 16.0 Å². The zero-order valence-electron chi connectivity index (χ0n) is 15.6. The molecule has 1 saturated heterocycles. The Morgan fingerprint density at radius 3 is 2.69 bits per heavy atom. The maximum Gasteiger partial charge on any atom is 0.319 e. The van der Waals surface area contributed by atoms with Gasteiger partial charge in [-0.15, -0.1) is 0 Å². The van der Waals surface area contributed by atoms with Crippen molar-refractivity contribution in [3.8, 4) is 0 Å². The number of aryl methyl sites for hydroxylation is 2. The molecule has 0 spiro atoms. The zero-order valence-corrected chi connectivity index (χ0v) is 15.6. The average Bonchev–Trinajstić information content (AvgIpc) is 2.69. The highest BCUT2D eigenvalue weighted by molar-refractivity contribution is 5.89. The van der Waals surface area contributed by atoms with Gasteiger partial charge in [0, 0.05) is 44.0 Å². The highest BCUT2D eigenvalue weighted by Gasteiger charge is 2.27. The van der Waals surface area contributed by atoms with Crippen LogP contribution in [0.5, 0.6) is 0 Å². The topological polar surface area (TPSA) is 69.3 Å². The van der Waals surface area contributed by atoms with Crippen LogP contribution in [0.4, 0.5) is 10.5 Å². The van der Waals surface area contributed by atoms with E-state index in [1.165, 1.54) is 36.9 Å². The number of piperazine rings is 1. The third-order valence-electron chi connectivity index (χ3n) is 6.13. The number of nitrogens with one attached hydrogen (secondary N) is 3. The van der Waals surface area contributed by atoms with Gasteiger partial charge in [0.05, 0.1) is 11.9 Å². The summed E-state index contributed by atoms with van der Waals surface area (Å²) in [5.41, 5.74) is 3.32. The first-order chi connectivity index (χ1) is 12.8. The van der Waals surface area contributed by atoms with Crippen molar-refractivity contribution in [2.45, 2.75) is 63.5 Å². The number of pyridine rings is 1. The van der Waals surface area contributed by atoms with Crippen molar-refractivity contribution >= 4 is 11.7 Å². The number of carbonyl (C=O) groups excluding carboxylic acids is 1. The van der Waals surface area contributed by atoms with Crippen LogP contribution in [0.25, 0.3) is 0 Å². The SMILES string of the molecule is O=C(Nc1cnc2c(c1)CCCC2)NC1CCC(N2CCNCC2)CC1. The first-order valence-electron chi connectivity index (χ1n) is 10.3. The number of nitrogens with zero attached hydrogens (tertiary/aromatic N) is 2. The largest absolute Gasteiger partial charge is 0.335 e. The third-order valence-corrected chi connectivity index (χ3v) is 6.13. The lowest BCUT2D eigenvalue weighted by Crippen LogP contribution is -2.51. The second-order valence-corrected chi connectivity index (χ2v) is 7.93. The van der Waals surface area contributed by atoms with Crippen LogP contribution >= 0.6 is 0 Å². The summed E-state index contributed by atoms with van der Waals surface area (Å²) in [7, 11) is 0. The van der Waals surface area contributed by atoms with Gasteiger partial charge in [0.15, 0.2) is 0 Å². The molecule has 0 atom stereocenters. The minimum Gasteiger partial charge on any atom is -0.335 e. The lowest BCUT2D eigenvalue weighted by Gasteiger charge is -2.39. The van der Waals surface area contributed by atoms with Gasteiger partial charge in [-0.25, -0.2) is 4.79 Å². The number of hydrogen-bond acceptors (Lipinski definition) is 4. The van der Waals surface area contributed by atoms with Gasteiger partial charge in [-0.05, 0) is 63.0 Å². The third kappa shape index (κ3) is 4.35. The van der Waals surface area contributed by atoms with E-state index >= 15 is 0 Å². The normalized spacial score (nSPS) is 26.8. The van der Waals surface area contributed by atoms with E-state index in [1.807, 2.05) is 0 Å². The fourth-order valence-corrected chi connectivity index (χ4v) is 4.64. The molecule has 0 unspecified atom stereocenters. The summed E-state index contributed by atoms with van der Waals surface area (Å²) in [6.07, 6.45) is 10.9. The highest BCUT2D eigenvalue weighted by Crippen LogP contribution is 2.24. The van der Waals surface area contributed by atoms with Crippen LogP contribution in [0.3, 0.4) is 0 Å².